The molecule has 6 heteroatoms. The molecule has 2 aliphatic heterocycles. The molecule has 0 atom stereocenters. The van der Waals surface area contributed by atoms with Gasteiger partial charge in [0.1, 0.15) is 5.82 Å². The summed E-state index contributed by atoms with van der Waals surface area (Å²) in [5.41, 5.74) is 3.69. The Morgan fingerprint density at radius 3 is 2.81 bits per heavy atom. The van der Waals surface area contributed by atoms with Gasteiger partial charge in [-0.05, 0) is 48.4 Å². The summed E-state index contributed by atoms with van der Waals surface area (Å²) in [5, 5.41) is 2.87. The zero-order valence-corrected chi connectivity index (χ0v) is 14.5. The molecule has 1 N–H and O–H groups in total. The van der Waals surface area contributed by atoms with Crippen molar-refractivity contribution in [2.45, 2.75) is 6.42 Å². The molecule has 0 aliphatic carbocycles. The molecule has 1 amide bonds. The molecular formula is C21H17N3O3. The summed E-state index contributed by atoms with van der Waals surface area (Å²) in [6.07, 6.45) is 2.70. The Balaban J connectivity index is 1.32. The van der Waals surface area contributed by atoms with Gasteiger partial charge in [0.25, 0.3) is 5.91 Å². The van der Waals surface area contributed by atoms with E-state index in [9.17, 15) is 4.79 Å². The van der Waals surface area contributed by atoms with Gasteiger partial charge in [-0.3, -0.25) is 4.79 Å². The van der Waals surface area contributed by atoms with E-state index in [0.29, 0.717) is 22.7 Å². The smallest absolute Gasteiger partial charge is 0.255 e. The van der Waals surface area contributed by atoms with Gasteiger partial charge < -0.3 is 19.7 Å². The van der Waals surface area contributed by atoms with E-state index >= 15 is 0 Å². The highest BCUT2D eigenvalue weighted by Crippen LogP contribution is 2.34. The molecule has 5 rings (SSSR count). The van der Waals surface area contributed by atoms with E-state index in [1.165, 1.54) is 11.3 Å². The highest BCUT2D eigenvalue weighted by atomic mass is 16.7. The summed E-state index contributed by atoms with van der Waals surface area (Å²) in [5.74, 6) is 1.91. The Morgan fingerprint density at radius 1 is 1.04 bits per heavy atom. The molecule has 0 radical (unpaired) electrons. The van der Waals surface area contributed by atoms with Crippen LogP contribution in [0.15, 0.2) is 60.8 Å². The number of benzene rings is 2. The molecule has 0 bridgehead atoms. The number of carbonyl (C=O) groups is 1. The Bertz CT molecular complexity index is 1020. The number of rotatable bonds is 3. The fourth-order valence-corrected chi connectivity index (χ4v) is 3.44. The summed E-state index contributed by atoms with van der Waals surface area (Å²) < 4.78 is 10.6. The first-order valence-electron chi connectivity index (χ1n) is 8.80. The number of aromatic nitrogens is 1. The van der Waals surface area contributed by atoms with Crippen LogP contribution in [0.2, 0.25) is 0 Å². The normalized spacial score (nSPS) is 14.1. The van der Waals surface area contributed by atoms with Crippen LogP contribution in [0.3, 0.4) is 0 Å². The quantitative estimate of drug-likeness (QED) is 0.771. The lowest BCUT2D eigenvalue weighted by atomic mass is 10.2. The number of pyridine rings is 1. The van der Waals surface area contributed by atoms with Crippen molar-refractivity contribution in [3.8, 4) is 11.5 Å². The minimum absolute atomic E-state index is 0.186. The molecule has 3 aromatic rings. The maximum absolute atomic E-state index is 12.5. The van der Waals surface area contributed by atoms with Crippen molar-refractivity contribution in [2.75, 3.05) is 23.6 Å². The third-order valence-corrected chi connectivity index (χ3v) is 4.80. The third-order valence-electron chi connectivity index (χ3n) is 4.80. The van der Waals surface area contributed by atoms with E-state index < -0.39 is 0 Å². The maximum atomic E-state index is 12.5. The summed E-state index contributed by atoms with van der Waals surface area (Å²) >= 11 is 0. The van der Waals surface area contributed by atoms with Gasteiger partial charge in [-0.2, -0.15) is 0 Å². The van der Waals surface area contributed by atoms with Crippen molar-refractivity contribution in [3.05, 3.63) is 71.9 Å². The molecule has 0 saturated heterocycles. The molecule has 0 fully saturated rings. The van der Waals surface area contributed by atoms with E-state index in [0.717, 1.165) is 18.8 Å². The van der Waals surface area contributed by atoms with Crippen molar-refractivity contribution < 1.29 is 14.3 Å². The number of fused-ring (bicyclic) bond motifs is 2. The van der Waals surface area contributed by atoms with Gasteiger partial charge in [0.2, 0.25) is 6.79 Å². The first kappa shape index (κ1) is 15.7. The predicted octanol–water partition coefficient (Wildman–Crippen LogP) is 3.76. The summed E-state index contributed by atoms with van der Waals surface area (Å²) in [6, 6.07) is 17.3. The zero-order chi connectivity index (χ0) is 18.2. The number of ether oxygens (including phenoxy) is 2. The number of hydrogen-bond donors (Lipinski definition) is 1. The summed E-state index contributed by atoms with van der Waals surface area (Å²) in [6.45, 7) is 1.10. The molecule has 2 aromatic carbocycles. The van der Waals surface area contributed by atoms with Gasteiger partial charge in [0.05, 0.1) is 11.9 Å². The van der Waals surface area contributed by atoms with Crippen molar-refractivity contribution in [1.29, 1.82) is 0 Å². The lowest BCUT2D eigenvalue weighted by Crippen LogP contribution is -2.15. The van der Waals surface area contributed by atoms with Crippen molar-refractivity contribution in [1.82, 2.24) is 4.98 Å². The number of anilines is 3. The van der Waals surface area contributed by atoms with E-state index in [-0.39, 0.29) is 12.7 Å². The van der Waals surface area contributed by atoms with Gasteiger partial charge in [-0.15, -0.1) is 0 Å². The molecule has 0 saturated carbocycles. The van der Waals surface area contributed by atoms with Crippen LogP contribution in [0.4, 0.5) is 17.2 Å². The third kappa shape index (κ3) is 2.85. The second-order valence-electron chi connectivity index (χ2n) is 6.46. The van der Waals surface area contributed by atoms with E-state index in [2.05, 4.69) is 33.4 Å². The topological polar surface area (TPSA) is 63.7 Å². The van der Waals surface area contributed by atoms with E-state index in [1.807, 2.05) is 18.2 Å². The molecule has 2 aliphatic rings. The van der Waals surface area contributed by atoms with E-state index in [1.54, 1.807) is 24.4 Å². The molecule has 3 heterocycles. The fraction of sp³-hybridized carbons (Fsp3) is 0.143. The van der Waals surface area contributed by atoms with Crippen LogP contribution >= 0.6 is 0 Å². The standard InChI is InChI=1S/C21H17N3O3/c25-21(15-5-7-18-19(11-15)27-13-26-18)23-16-6-8-20(22-12-16)24-10-9-14-3-1-2-4-17(14)24/h1-8,11-12H,9-10,13H2,(H,23,25). The predicted molar refractivity (Wildman–Crippen MR) is 102 cm³/mol. The van der Waals surface area contributed by atoms with Gasteiger partial charge in [0, 0.05) is 17.8 Å². The van der Waals surface area contributed by atoms with Crippen LogP contribution in [0.25, 0.3) is 0 Å². The SMILES string of the molecule is O=C(Nc1ccc(N2CCc3ccccc32)nc1)c1ccc2c(c1)OCO2. The number of amides is 1. The minimum atomic E-state index is -0.214. The van der Waals surface area contributed by atoms with Crippen molar-refractivity contribution in [3.63, 3.8) is 0 Å². The highest BCUT2D eigenvalue weighted by molar-refractivity contribution is 6.04. The second kappa shape index (κ2) is 6.32. The minimum Gasteiger partial charge on any atom is -0.454 e. The fourth-order valence-electron chi connectivity index (χ4n) is 3.44. The molecule has 0 unspecified atom stereocenters. The first-order chi connectivity index (χ1) is 13.3. The maximum Gasteiger partial charge on any atom is 0.255 e. The number of hydrogen-bond acceptors (Lipinski definition) is 5. The second-order valence-corrected chi connectivity index (χ2v) is 6.46. The highest BCUT2D eigenvalue weighted by Gasteiger charge is 2.21. The van der Waals surface area contributed by atoms with Crippen LogP contribution in [-0.2, 0) is 6.42 Å². The monoisotopic (exact) mass is 359 g/mol. The van der Waals surface area contributed by atoms with Gasteiger partial charge in [-0.25, -0.2) is 4.98 Å². The number of para-hydroxylation sites is 1. The van der Waals surface area contributed by atoms with Crippen molar-refractivity contribution in [2.24, 2.45) is 0 Å². The molecule has 27 heavy (non-hydrogen) atoms. The Hall–Kier alpha value is -3.54. The first-order valence-corrected chi connectivity index (χ1v) is 8.80. The van der Waals surface area contributed by atoms with Crippen LogP contribution in [0, 0.1) is 0 Å². The molecule has 6 nitrogen and oxygen atoms in total. The van der Waals surface area contributed by atoms with Gasteiger partial charge in [0.15, 0.2) is 11.5 Å². The Kier molecular flexibility index (Phi) is 3.67. The lowest BCUT2D eigenvalue weighted by molar-refractivity contribution is 0.102. The number of nitrogens with one attached hydrogen (secondary N) is 1. The molecular weight excluding hydrogens is 342 g/mol. The summed E-state index contributed by atoms with van der Waals surface area (Å²) in [4.78, 5) is 19.2. The average molecular weight is 359 g/mol. The number of carbonyl (C=O) groups excluding carboxylic acids is 1. The van der Waals surface area contributed by atoms with E-state index in [4.69, 9.17) is 9.47 Å². The zero-order valence-electron chi connectivity index (χ0n) is 14.5. The van der Waals surface area contributed by atoms with Crippen molar-refractivity contribution >= 4 is 23.1 Å². The van der Waals surface area contributed by atoms with Gasteiger partial charge >= 0.3 is 0 Å². The lowest BCUT2D eigenvalue weighted by Gasteiger charge is -2.18. The van der Waals surface area contributed by atoms with Crippen LogP contribution in [-0.4, -0.2) is 24.2 Å². The largest absolute Gasteiger partial charge is 0.454 e. The average Bonchev–Trinajstić information content (AvgIpc) is 3.35. The Morgan fingerprint density at radius 2 is 1.93 bits per heavy atom. The number of nitrogens with zero attached hydrogens (tertiary/aromatic N) is 2. The molecule has 0 spiro atoms. The Labute approximate surface area is 156 Å². The summed E-state index contributed by atoms with van der Waals surface area (Å²) in [7, 11) is 0. The van der Waals surface area contributed by atoms with Crippen LogP contribution < -0.4 is 19.7 Å². The van der Waals surface area contributed by atoms with Crippen LogP contribution in [0.1, 0.15) is 15.9 Å². The molecule has 1 aromatic heterocycles. The van der Waals surface area contributed by atoms with Crippen LogP contribution in [0.5, 0.6) is 11.5 Å². The molecule has 134 valence electrons. The van der Waals surface area contributed by atoms with Gasteiger partial charge in [-0.1, -0.05) is 18.2 Å².